The van der Waals surface area contributed by atoms with Crippen molar-refractivity contribution in [3.63, 3.8) is 0 Å². The number of hydrogen-bond donors (Lipinski definition) is 4. The summed E-state index contributed by atoms with van der Waals surface area (Å²) in [6.45, 7) is 1.82. The second-order valence-corrected chi connectivity index (χ2v) is 7.01. The fraction of sp³-hybridized carbons (Fsp3) is 0.0556. The highest BCUT2D eigenvalue weighted by Crippen LogP contribution is 2.34. The van der Waals surface area contributed by atoms with Crippen LogP contribution in [0.15, 0.2) is 35.7 Å². The summed E-state index contributed by atoms with van der Waals surface area (Å²) in [5, 5.41) is 22.9. The van der Waals surface area contributed by atoms with E-state index in [9.17, 15) is 9.90 Å². The predicted molar refractivity (Wildman–Crippen MR) is 106 cm³/mol. The van der Waals surface area contributed by atoms with E-state index in [2.05, 4.69) is 10.3 Å². The van der Waals surface area contributed by atoms with Crippen molar-refractivity contribution in [2.24, 2.45) is 0 Å². The van der Waals surface area contributed by atoms with Gasteiger partial charge in [-0.1, -0.05) is 17.7 Å². The molecule has 3 aromatic rings. The number of halogens is 1. The third-order valence-electron chi connectivity index (χ3n) is 3.74. The number of amides is 1. The van der Waals surface area contributed by atoms with Crippen LogP contribution in [0.4, 0.5) is 11.4 Å². The lowest BCUT2D eigenvalue weighted by Crippen LogP contribution is -2.14. The summed E-state index contributed by atoms with van der Waals surface area (Å²) < 4.78 is 0. The van der Waals surface area contributed by atoms with Crippen LogP contribution in [0, 0.1) is 12.3 Å². The first-order chi connectivity index (χ1) is 12.4. The zero-order chi connectivity index (χ0) is 18.8. The number of nitrogens with two attached hydrogens (primary N) is 1. The SMILES string of the molecule is Cc1nc(C(=O)Nc2cc(-c3ccc(Cl)c(O)c3)cc(N)c2C=N)cs1. The van der Waals surface area contributed by atoms with Crippen LogP contribution in [0.2, 0.25) is 5.02 Å². The van der Waals surface area contributed by atoms with Crippen molar-refractivity contribution in [3.8, 4) is 16.9 Å². The number of aryl methyl sites for hydroxylation is 1. The Morgan fingerprint density at radius 2 is 2.12 bits per heavy atom. The van der Waals surface area contributed by atoms with Crippen LogP contribution in [0.5, 0.6) is 5.75 Å². The zero-order valence-electron chi connectivity index (χ0n) is 13.7. The Hall–Kier alpha value is -2.90. The van der Waals surface area contributed by atoms with E-state index in [0.717, 1.165) is 11.2 Å². The first-order valence-electron chi connectivity index (χ1n) is 7.55. The Kier molecular flexibility index (Phi) is 4.92. The number of benzene rings is 2. The van der Waals surface area contributed by atoms with E-state index >= 15 is 0 Å². The van der Waals surface area contributed by atoms with Gasteiger partial charge in [-0.2, -0.15) is 0 Å². The second kappa shape index (κ2) is 7.15. The monoisotopic (exact) mass is 386 g/mol. The zero-order valence-corrected chi connectivity index (χ0v) is 15.3. The molecule has 0 unspecified atom stereocenters. The fourth-order valence-corrected chi connectivity index (χ4v) is 3.16. The van der Waals surface area contributed by atoms with Crippen LogP contribution in [0.1, 0.15) is 21.1 Å². The Morgan fingerprint density at radius 1 is 1.35 bits per heavy atom. The van der Waals surface area contributed by atoms with Gasteiger partial charge in [-0.15, -0.1) is 11.3 Å². The highest BCUT2D eigenvalue weighted by Gasteiger charge is 2.15. The molecule has 1 aromatic heterocycles. The van der Waals surface area contributed by atoms with Gasteiger partial charge < -0.3 is 21.6 Å². The van der Waals surface area contributed by atoms with Crippen molar-refractivity contribution in [1.82, 2.24) is 4.98 Å². The summed E-state index contributed by atoms with van der Waals surface area (Å²) in [6, 6.07) is 8.18. The molecular formula is C18H15ClN4O2S. The summed E-state index contributed by atoms with van der Waals surface area (Å²) >= 11 is 7.23. The molecule has 0 atom stereocenters. The van der Waals surface area contributed by atoms with E-state index in [1.165, 1.54) is 17.4 Å². The second-order valence-electron chi connectivity index (χ2n) is 5.54. The van der Waals surface area contributed by atoms with E-state index in [4.69, 9.17) is 22.7 Å². The molecule has 1 heterocycles. The minimum absolute atomic E-state index is 0.0533. The van der Waals surface area contributed by atoms with E-state index in [-0.39, 0.29) is 16.7 Å². The van der Waals surface area contributed by atoms with Crippen molar-refractivity contribution in [1.29, 1.82) is 5.41 Å². The lowest BCUT2D eigenvalue weighted by atomic mass is 10.0. The molecule has 0 saturated heterocycles. The van der Waals surface area contributed by atoms with Crippen LogP contribution in [0.3, 0.4) is 0 Å². The van der Waals surface area contributed by atoms with Gasteiger partial charge >= 0.3 is 0 Å². The molecule has 26 heavy (non-hydrogen) atoms. The molecule has 0 aliphatic heterocycles. The number of hydrogen-bond acceptors (Lipinski definition) is 6. The Labute approximate surface area is 158 Å². The molecule has 5 N–H and O–H groups in total. The van der Waals surface area contributed by atoms with Gasteiger partial charge in [0.1, 0.15) is 11.4 Å². The van der Waals surface area contributed by atoms with Gasteiger partial charge in [-0.05, 0) is 42.3 Å². The number of rotatable bonds is 4. The number of carbonyl (C=O) groups excluding carboxylic acids is 1. The first-order valence-corrected chi connectivity index (χ1v) is 8.81. The molecule has 132 valence electrons. The summed E-state index contributed by atoms with van der Waals surface area (Å²) in [5.41, 5.74) is 8.82. The lowest BCUT2D eigenvalue weighted by Gasteiger charge is -2.13. The molecule has 8 heteroatoms. The average molecular weight is 387 g/mol. The summed E-state index contributed by atoms with van der Waals surface area (Å²) in [7, 11) is 0. The minimum Gasteiger partial charge on any atom is -0.506 e. The quantitative estimate of drug-likeness (QED) is 0.395. The number of thiazole rings is 1. The molecule has 0 bridgehead atoms. The molecular weight excluding hydrogens is 372 g/mol. The molecule has 2 aromatic carbocycles. The molecule has 0 spiro atoms. The van der Waals surface area contributed by atoms with Gasteiger partial charge in [-0.3, -0.25) is 4.79 Å². The number of nitrogens with one attached hydrogen (secondary N) is 2. The Morgan fingerprint density at radius 3 is 2.73 bits per heavy atom. The molecule has 0 saturated carbocycles. The maximum absolute atomic E-state index is 12.4. The average Bonchev–Trinajstić information content (AvgIpc) is 3.03. The van der Waals surface area contributed by atoms with E-state index in [1.54, 1.807) is 29.6 Å². The van der Waals surface area contributed by atoms with Crippen molar-refractivity contribution in [3.05, 3.63) is 57.0 Å². The van der Waals surface area contributed by atoms with Crippen LogP contribution in [-0.2, 0) is 0 Å². The molecule has 1 amide bonds. The predicted octanol–water partition coefficient (Wildman–Crippen LogP) is 4.31. The van der Waals surface area contributed by atoms with Crippen LogP contribution >= 0.6 is 22.9 Å². The van der Waals surface area contributed by atoms with Gasteiger partial charge in [0.25, 0.3) is 5.91 Å². The third kappa shape index (κ3) is 3.54. The lowest BCUT2D eigenvalue weighted by molar-refractivity contribution is 0.102. The van der Waals surface area contributed by atoms with Crippen molar-refractivity contribution in [2.75, 3.05) is 11.1 Å². The summed E-state index contributed by atoms with van der Waals surface area (Å²) in [5.74, 6) is -0.435. The maximum Gasteiger partial charge on any atom is 0.275 e. The van der Waals surface area contributed by atoms with Crippen molar-refractivity contribution in [2.45, 2.75) is 6.92 Å². The van der Waals surface area contributed by atoms with Crippen molar-refractivity contribution >= 4 is 46.4 Å². The summed E-state index contributed by atoms with van der Waals surface area (Å²) in [6.07, 6.45) is 1.08. The molecule has 3 rings (SSSR count). The van der Waals surface area contributed by atoms with E-state index in [1.807, 2.05) is 6.92 Å². The van der Waals surface area contributed by atoms with Gasteiger partial charge in [0, 0.05) is 22.8 Å². The molecule has 6 nitrogen and oxygen atoms in total. The van der Waals surface area contributed by atoms with Crippen LogP contribution < -0.4 is 11.1 Å². The molecule has 0 aliphatic carbocycles. The van der Waals surface area contributed by atoms with E-state index < -0.39 is 0 Å². The first kappa shape index (κ1) is 17.9. The smallest absolute Gasteiger partial charge is 0.275 e. The number of anilines is 2. The standard InChI is InChI=1S/C18H15ClN4O2S/c1-9-22-16(8-26-9)18(25)23-15-5-11(4-14(21)12(15)7-20)10-2-3-13(19)17(24)6-10/h2-8,20,24H,21H2,1H3,(H,23,25). The third-order valence-corrected chi connectivity index (χ3v) is 4.83. The van der Waals surface area contributed by atoms with Gasteiger partial charge in [0.05, 0.1) is 15.7 Å². The number of carbonyl (C=O) groups is 1. The highest BCUT2D eigenvalue weighted by molar-refractivity contribution is 7.09. The number of aromatic hydroxyl groups is 1. The van der Waals surface area contributed by atoms with Crippen molar-refractivity contribution < 1.29 is 9.90 Å². The van der Waals surface area contributed by atoms with Crippen LogP contribution in [-0.4, -0.2) is 22.2 Å². The number of phenolic OH excluding ortho intramolecular Hbond substituents is 1. The normalized spacial score (nSPS) is 10.5. The molecule has 0 radical (unpaired) electrons. The van der Waals surface area contributed by atoms with Gasteiger partial charge in [0.15, 0.2) is 0 Å². The largest absolute Gasteiger partial charge is 0.506 e. The minimum atomic E-state index is -0.382. The van der Waals surface area contributed by atoms with Gasteiger partial charge in [0.2, 0.25) is 0 Å². The molecule has 0 fully saturated rings. The van der Waals surface area contributed by atoms with Crippen LogP contribution in [0.25, 0.3) is 11.1 Å². The Bertz CT molecular complexity index is 1020. The molecule has 0 aliphatic rings. The highest BCUT2D eigenvalue weighted by atomic mass is 35.5. The fourth-order valence-electron chi connectivity index (χ4n) is 2.45. The number of nitrogens with zero attached hydrogens (tertiary/aromatic N) is 1. The summed E-state index contributed by atoms with van der Waals surface area (Å²) in [4.78, 5) is 16.6. The Balaban J connectivity index is 2.03. The number of aromatic nitrogens is 1. The topological polar surface area (TPSA) is 112 Å². The number of nitrogen functional groups attached to an aromatic ring is 1. The maximum atomic E-state index is 12.4. The number of phenols is 1. The van der Waals surface area contributed by atoms with E-state index in [0.29, 0.717) is 33.8 Å². The van der Waals surface area contributed by atoms with Gasteiger partial charge in [-0.25, -0.2) is 4.98 Å².